The molecule has 0 saturated carbocycles. The van der Waals surface area contributed by atoms with E-state index in [1.807, 2.05) is 12.1 Å². The molecule has 0 bridgehead atoms. The first-order valence-electron chi connectivity index (χ1n) is 6.40. The fraction of sp³-hybridized carbons (Fsp3) is 0.571. The summed E-state index contributed by atoms with van der Waals surface area (Å²) < 4.78 is 10.7. The maximum atomic E-state index is 5.96. The molecule has 4 heteroatoms. The number of nitrogens with two attached hydrogens (primary N) is 1. The van der Waals surface area contributed by atoms with E-state index >= 15 is 0 Å². The summed E-state index contributed by atoms with van der Waals surface area (Å²) in [4.78, 5) is 0. The largest absolute Gasteiger partial charge is 0.497 e. The summed E-state index contributed by atoms with van der Waals surface area (Å²) in [5.74, 6) is 0.863. The van der Waals surface area contributed by atoms with E-state index in [1.165, 1.54) is 5.56 Å². The molecule has 0 aromatic heterocycles. The third kappa shape index (κ3) is 2.76. The first-order chi connectivity index (χ1) is 8.69. The molecule has 0 unspecified atom stereocenters. The molecule has 1 saturated heterocycles. The Labute approximate surface area is 108 Å². The first-order valence-corrected chi connectivity index (χ1v) is 6.40. The standard InChI is InChI=1S/C14H22N2O2/c1-11-3-4-12(17-2)9-13(11)16-14(10-15)5-7-18-8-6-14/h3-4,9,16H,5-8,10,15H2,1-2H3. The number of aryl methyl sites for hydroxylation is 1. The molecular weight excluding hydrogens is 228 g/mol. The number of hydrogen-bond acceptors (Lipinski definition) is 4. The molecule has 2 rings (SSSR count). The Morgan fingerprint density at radius 3 is 2.72 bits per heavy atom. The van der Waals surface area contributed by atoms with Crippen LogP contribution >= 0.6 is 0 Å². The highest BCUT2D eigenvalue weighted by Gasteiger charge is 2.31. The van der Waals surface area contributed by atoms with Crippen LogP contribution in [0.4, 0.5) is 5.69 Å². The smallest absolute Gasteiger partial charge is 0.120 e. The fourth-order valence-corrected chi connectivity index (χ4v) is 2.29. The summed E-state index contributed by atoms with van der Waals surface area (Å²) in [5, 5.41) is 3.60. The second-order valence-electron chi connectivity index (χ2n) is 4.90. The Hall–Kier alpha value is -1.26. The van der Waals surface area contributed by atoms with Crippen molar-refractivity contribution < 1.29 is 9.47 Å². The highest BCUT2D eigenvalue weighted by Crippen LogP contribution is 2.29. The van der Waals surface area contributed by atoms with Crippen LogP contribution in [-0.2, 0) is 4.74 Å². The van der Waals surface area contributed by atoms with E-state index in [4.69, 9.17) is 15.2 Å². The molecule has 0 spiro atoms. The average Bonchev–Trinajstić information content (AvgIpc) is 2.42. The van der Waals surface area contributed by atoms with Gasteiger partial charge < -0.3 is 20.5 Å². The summed E-state index contributed by atoms with van der Waals surface area (Å²) in [6.07, 6.45) is 1.89. The van der Waals surface area contributed by atoms with Crippen molar-refractivity contribution in [1.29, 1.82) is 0 Å². The number of rotatable bonds is 4. The lowest BCUT2D eigenvalue weighted by molar-refractivity contribution is 0.0628. The first kappa shape index (κ1) is 13.2. The average molecular weight is 250 g/mol. The second-order valence-corrected chi connectivity index (χ2v) is 4.90. The third-order valence-corrected chi connectivity index (χ3v) is 3.69. The maximum Gasteiger partial charge on any atom is 0.120 e. The highest BCUT2D eigenvalue weighted by molar-refractivity contribution is 5.56. The molecular formula is C14H22N2O2. The molecule has 100 valence electrons. The van der Waals surface area contributed by atoms with Crippen molar-refractivity contribution in [2.75, 3.05) is 32.2 Å². The van der Waals surface area contributed by atoms with Gasteiger partial charge in [0.25, 0.3) is 0 Å². The number of methoxy groups -OCH3 is 1. The Kier molecular flexibility index (Phi) is 4.09. The van der Waals surface area contributed by atoms with Gasteiger partial charge in [-0.1, -0.05) is 6.07 Å². The van der Waals surface area contributed by atoms with Gasteiger partial charge in [-0.25, -0.2) is 0 Å². The number of benzene rings is 1. The van der Waals surface area contributed by atoms with Crippen LogP contribution in [-0.4, -0.2) is 32.4 Å². The Bertz CT molecular complexity index is 401. The topological polar surface area (TPSA) is 56.5 Å². The van der Waals surface area contributed by atoms with E-state index in [9.17, 15) is 0 Å². The van der Waals surface area contributed by atoms with Gasteiger partial charge in [-0.3, -0.25) is 0 Å². The van der Waals surface area contributed by atoms with E-state index in [0.29, 0.717) is 6.54 Å². The molecule has 1 fully saturated rings. The summed E-state index contributed by atoms with van der Waals surface area (Å²) in [6.45, 7) is 4.25. The summed E-state index contributed by atoms with van der Waals surface area (Å²) in [6, 6.07) is 6.06. The van der Waals surface area contributed by atoms with E-state index in [2.05, 4.69) is 18.3 Å². The van der Waals surface area contributed by atoms with E-state index in [-0.39, 0.29) is 5.54 Å². The number of ether oxygens (including phenoxy) is 2. The lowest BCUT2D eigenvalue weighted by atomic mass is 9.89. The summed E-state index contributed by atoms with van der Waals surface area (Å²) in [7, 11) is 1.68. The lowest BCUT2D eigenvalue weighted by Crippen LogP contribution is -2.49. The van der Waals surface area contributed by atoms with Crippen molar-refractivity contribution in [1.82, 2.24) is 0 Å². The number of nitrogens with one attached hydrogen (secondary N) is 1. The Morgan fingerprint density at radius 1 is 1.39 bits per heavy atom. The monoisotopic (exact) mass is 250 g/mol. The molecule has 0 aliphatic carbocycles. The van der Waals surface area contributed by atoms with Gasteiger partial charge in [-0.05, 0) is 31.4 Å². The minimum absolute atomic E-state index is 0.0463. The minimum atomic E-state index is -0.0463. The molecule has 4 nitrogen and oxygen atoms in total. The van der Waals surface area contributed by atoms with Crippen LogP contribution in [0.1, 0.15) is 18.4 Å². The van der Waals surface area contributed by atoms with Crippen LogP contribution in [0.3, 0.4) is 0 Å². The summed E-state index contributed by atoms with van der Waals surface area (Å²) in [5.41, 5.74) is 8.21. The van der Waals surface area contributed by atoms with Gasteiger partial charge in [0.1, 0.15) is 5.75 Å². The van der Waals surface area contributed by atoms with Crippen LogP contribution < -0.4 is 15.8 Å². The Balaban J connectivity index is 2.20. The quantitative estimate of drug-likeness (QED) is 0.857. The lowest BCUT2D eigenvalue weighted by Gasteiger charge is -2.38. The zero-order valence-electron chi connectivity index (χ0n) is 11.2. The maximum absolute atomic E-state index is 5.96. The van der Waals surface area contributed by atoms with Crippen LogP contribution in [0.15, 0.2) is 18.2 Å². The number of hydrogen-bond donors (Lipinski definition) is 2. The van der Waals surface area contributed by atoms with Crippen molar-refractivity contribution >= 4 is 5.69 Å². The van der Waals surface area contributed by atoms with Crippen molar-refractivity contribution in [3.63, 3.8) is 0 Å². The molecule has 18 heavy (non-hydrogen) atoms. The van der Waals surface area contributed by atoms with E-state index in [1.54, 1.807) is 7.11 Å². The third-order valence-electron chi connectivity index (χ3n) is 3.69. The molecule has 0 radical (unpaired) electrons. The highest BCUT2D eigenvalue weighted by atomic mass is 16.5. The fourth-order valence-electron chi connectivity index (χ4n) is 2.29. The number of anilines is 1. The summed E-state index contributed by atoms with van der Waals surface area (Å²) >= 11 is 0. The predicted molar refractivity (Wildman–Crippen MR) is 73.2 cm³/mol. The van der Waals surface area contributed by atoms with Crippen LogP contribution in [0.2, 0.25) is 0 Å². The van der Waals surface area contributed by atoms with Crippen molar-refractivity contribution in [2.45, 2.75) is 25.3 Å². The van der Waals surface area contributed by atoms with Crippen molar-refractivity contribution in [3.05, 3.63) is 23.8 Å². The van der Waals surface area contributed by atoms with Crippen LogP contribution in [0.25, 0.3) is 0 Å². The van der Waals surface area contributed by atoms with Gasteiger partial charge in [-0.2, -0.15) is 0 Å². The van der Waals surface area contributed by atoms with E-state index in [0.717, 1.165) is 37.5 Å². The molecule has 0 amide bonds. The van der Waals surface area contributed by atoms with Gasteiger partial charge in [0.15, 0.2) is 0 Å². The molecule has 1 heterocycles. The van der Waals surface area contributed by atoms with Crippen molar-refractivity contribution in [2.24, 2.45) is 5.73 Å². The van der Waals surface area contributed by atoms with Crippen LogP contribution in [0.5, 0.6) is 5.75 Å². The Morgan fingerprint density at radius 2 is 2.11 bits per heavy atom. The molecule has 1 aliphatic heterocycles. The van der Waals surface area contributed by atoms with Crippen LogP contribution in [0, 0.1) is 6.92 Å². The van der Waals surface area contributed by atoms with Gasteiger partial charge >= 0.3 is 0 Å². The normalized spacial score (nSPS) is 18.4. The zero-order chi connectivity index (χ0) is 13.0. The molecule has 1 aromatic rings. The van der Waals surface area contributed by atoms with Gasteiger partial charge in [-0.15, -0.1) is 0 Å². The molecule has 0 atom stereocenters. The van der Waals surface area contributed by atoms with Gasteiger partial charge in [0.05, 0.1) is 12.6 Å². The second kappa shape index (κ2) is 5.59. The minimum Gasteiger partial charge on any atom is -0.497 e. The predicted octanol–water partition coefficient (Wildman–Crippen LogP) is 1.92. The zero-order valence-corrected chi connectivity index (χ0v) is 11.2. The SMILES string of the molecule is COc1ccc(C)c(NC2(CN)CCOCC2)c1. The molecule has 1 aromatic carbocycles. The van der Waals surface area contributed by atoms with Crippen molar-refractivity contribution in [3.8, 4) is 5.75 Å². The molecule has 3 N–H and O–H groups in total. The van der Waals surface area contributed by atoms with Gasteiger partial charge in [0, 0.05) is 31.5 Å². The van der Waals surface area contributed by atoms with Gasteiger partial charge in [0.2, 0.25) is 0 Å². The molecule has 1 aliphatic rings. The van der Waals surface area contributed by atoms with E-state index < -0.39 is 0 Å².